The molecular weight excluding hydrogens is 160 g/mol. The lowest BCUT2D eigenvalue weighted by atomic mass is 9.79. The van der Waals surface area contributed by atoms with Crippen molar-refractivity contribution in [2.45, 2.75) is 47.0 Å². The minimum Gasteiger partial charge on any atom is -0.387 e. The third kappa shape index (κ3) is 3.79. The fourth-order valence-electron chi connectivity index (χ4n) is 1.90. The van der Waals surface area contributed by atoms with Gasteiger partial charge >= 0.3 is 0 Å². The van der Waals surface area contributed by atoms with Crippen LogP contribution in [0.3, 0.4) is 0 Å². The van der Waals surface area contributed by atoms with Gasteiger partial charge in [0.1, 0.15) is 0 Å². The van der Waals surface area contributed by atoms with Crippen molar-refractivity contribution in [1.29, 1.82) is 5.41 Å². The zero-order valence-electron chi connectivity index (χ0n) is 9.43. The fraction of sp³-hybridized carbons (Fsp3) is 0.909. The Morgan fingerprint density at radius 3 is 2.15 bits per heavy atom. The first-order chi connectivity index (χ1) is 6.04. The first-order valence-electron chi connectivity index (χ1n) is 5.38. The summed E-state index contributed by atoms with van der Waals surface area (Å²) in [6, 6.07) is 0. The van der Waals surface area contributed by atoms with E-state index in [1.54, 1.807) is 0 Å². The Morgan fingerprint density at radius 1 is 1.31 bits per heavy atom. The average Bonchev–Trinajstić information content (AvgIpc) is 2.11. The number of rotatable bonds is 6. The second-order valence-electron chi connectivity index (χ2n) is 4.06. The largest absolute Gasteiger partial charge is 0.387 e. The Kier molecular flexibility index (Phi) is 5.76. The molecule has 2 nitrogen and oxygen atoms in total. The fourth-order valence-corrected chi connectivity index (χ4v) is 1.90. The summed E-state index contributed by atoms with van der Waals surface area (Å²) in [5.74, 6) is 1.84. The molecule has 0 saturated heterocycles. The molecule has 2 heteroatoms. The molecule has 0 aliphatic rings. The molecule has 0 aliphatic heterocycles. The van der Waals surface area contributed by atoms with Gasteiger partial charge in [0.15, 0.2) is 0 Å². The second-order valence-corrected chi connectivity index (χ2v) is 4.06. The van der Waals surface area contributed by atoms with Gasteiger partial charge in [0.05, 0.1) is 5.84 Å². The first-order valence-corrected chi connectivity index (χ1v) is 5.38. The lowest BCUT2D eigenvalue weighted by molar-refractivity contribution is 0.281. The summed E-state index contributed by atoms with van der Waals surface area (Å²) < 4.78 is 0. The third-order valence-electron chi connectivity index (χ3n) is 3.21. The number of hydrogen-bond acceptors (Lipinski definition) is 1. The summed E-state index contributed by atoms with van der Waals surface area (Å²) in [5.41, 5.74) is 5.51. The molecule has 13 heavy (non-hydrogen) atoms. The molecule has 0 amide bonds. The van der Waals surface area contributed by atoms with E-state index in [1.165, 1.54) is 19.3 Å². The van der Waals surface area contributed by atoms with Crippen LogP contribution in [-0.2, 0) is 0 Å². The standard InChI is InChI=1S/C11H24N2/c1-5-7-10(6-2)8(3)9(4)11(12)13/h8-10H,5-7H2,1-4H3,(H3,12,13). The van der Waals surface area contributed by atoms with Gasteiger partial charge in [-0.2, -0.15) is 0 Å². The molecule has 0 spiro atoms. The Balaban J connectivity index is 4.17. The zero-order chi connectivity index (χ0) is 10.4. The number of hydrogen-bond donors (Lipinski definition) is 2. The molecule has 3 N–H and O–H groups in total. The van der Waals surface area contributed by atoms with Crippen LogP contribution in [0, 0.1) is 23.2 Å². The molecule has 3 unspecified atom stereocenters. The minimum atomic E-state index is 0.233. The highest BCUT2D eigenvalue weighted by molar-refractivity contribution is 5.79. The molecule has 0 rings (SSSR count). The van der Waals surface area contributed by atoms with Crippen molar-refractivity contribution in [2.75, 3.05) is 0 Å². The van der Waals surface area contributed by atoms with Crippen molar-refractivity contribution in [3.05, 3.63) is 0 Å². The van der Waals surface area contributed by atoms with Gasteiger partial charge in [-0.15, -0.1) is 0 Å². The van der Waals surface area contributed by atoms with Crippen LogP contribution < -0.4 is 5.73 Å². The molecule has 0 aliphatic carbocycles. The normalized spacial score (nSPS) is 17.8. The van der Waals surface area contributed by atoms with Gasteiger partial charge in [0, 0.05) is 5.92 Å². The van der Waals surface area contributed by atoms with Gasteiger partial charge in [-0.25, -0.2) is 0 Å². The second kappa shape index (κ2) is 6.01. The highest BCUT2D eigenvalue weighted by Gasteiger charge is 2.22. The van der Waals surface area contributed by atoms with E-state index in [0.29, 0.717) is 11.8 Å². The highest BCUT2D eigenvalue weighted by Crippen LogP contribution is 2.27. The molecule has 0 bridgehead atoms. The number of nitrogens with one attached hydrogen (secondary N) is 1. The van der Waals surface area contributed by atoms with Crippen LogP contribution >= 0.6 is 0 Å². The van der Waals surface area contributed by atoms with Gasteiger partial charge in [-0.3, -0.25) is 5.41 Å². The molecule has 78 valence electrons. The van der Waals surface area contributed by atoms with Crippen LogP contribution in [0.1, 0.15) is 47.0 Å². The first kappa shape index (κ1) is 12.5. The van der Waals surface area contributed by atoms with Gasteiger partial charge in [0.2, 0.25) is 0 Å². The Bertz CT molecular complexity index is 154. The molecule has 0 aromatic rings. The summed E-state index contributed by atoms with van der Waals surface area (Å²) in [7, 11) is 0. The van der Waals surface area contributed by atoms with E-state index in [0.717, 1.165) is 5.92 Å². The quantitative estimate of drug-likeness (QED) is 0.484. The molecule has 3 atom stereocenters. The van der Waals surface area contributed by atoms with Crippen LogP contribution in [0.5, 0.6) is 0 Å². The van der Waals surface area contributed by atoms with E-state index in [2.05, 4.69) is 27.7 Å². The summed E-state index contributed by atoms with van der Waals surface area (Å²) in [6.07, 6.45) is 3.69. The van der Waals surface area contributed by atoms with Crippen molar-refractivity contribution in [1.82, 2.24) is 0 Å². The predicted octanol–water partition coefficient (Wildman–Crippen LogP) is 3.02. The number of nitrogens with two attached hydrogens (primary N) is 1. The zero-order valence-corrected chi connectivity index (χ0v) is 9.43. The van der Waals surface area contributed by atoms with Crippen molar-refractivity contribution in [2.24, 2.45) is 23.5 Å². The van der Waals surface area contributed by atoms with Gasteiger partial charge < -0.3 is 5.73 Å². The van der Waals surface area contributed by atoms with Crippen LogP contribution in [0.15, 0.2) is 0 Å². The van der Waals surface area contributed by atoms with Crippen LogP contribution in [-0.4, -0.2) is 5.84 Å². The maximum Gasteiger partial charge on any atom is 0.0936 e. The van der Waals surface area contributed by atoms with E-state index in [9.17, 15) is 0 Å². The molecular formula is C11H24N2. The highest BCUT2D eigenvalue weighted by atomic mass is 14.7. The maximum absolute atomic E-state index is 7.41. The van der Waals surface area contributed by atoms with Crippen molar-refractivity contribution in [3.63, 3.8) is 0 Å². The minimum absolute atomic E-state index is 0.233. The summed E-state index contributed by atoms with van der Waals surface area (Å²) in [6.45, 7) is 8.72. The lowest BCUT2D eigenvalue weighted by Crippen LogP contribution is -2.29. The molecule has 0 saturated carbocycles. The van der Waals surface area contributed by atoms with Crippen LogP contribution in [0.4, 0.5) is 0 Å². The van der Waals surface area contributed by atoms with Gasteiger partial charge in [-0.1, -0.05) is 47.0 Å². The molecule has 0 aromatic heterocycles. The smallest absolute Gasteiger partial charge is 0.0936 e. The van der Waals surface area contributed by atoms with Gasteiger partial charge in [-0.05, 0) is 11.8 Å². The van der Waals surface area contributed by atoms with E-state index >= 15 is 0 Å². The van der Waals surface area contributed by atoms with Crippen molar-refractivity contribution < 1.29 is 0 Å². The van der Waals surface area contributed by atoms with Crippen LogP contribution in [0.2, 0.25) is 0 Å². The summed E-state index contributed by atoms with van der Waals surface area (Å²) >= 11 is 0. The molecule has 0 aromatic carbocycles. The third-order valence-corrected chi connectivity index (χ3v) is 3.21. The number of amidine groups is 1. The summed E-state index contributed by atoms with van der Waals surface area (Å²) in [4.78, 5) is 0. The molecule has 0 heterocycles. The topological polar surface area (TPSA) is 49.9 Å². The molecule has 0 radical (unpaired) electrons. The van der Waals surface area contributed by atoms with E-state index < -0.39 is 0 Å². The Hall–Kier alpha value is -0.530. The van der Waals surface area contributed by atoms with E-state index in [-0.39, 0.29) is 5.92 Å². The predicted molar refractivity (Wildman–Crippen MR) is 58.9 cm³/mol. The van der Waals surface area contributed by atoms with E-state index in [4.69, 9.17) is 11.1 Å². The molecule has 0 fully saturated rings. The monoisotopic (exact) mass is 184 g/mol. The van der Waals surface area contributed by atoms with Crippen molar-refractivity contribution in [3.8, 4) is 0 Å². The Morgan fingerprint density at radius 2 is 1.85 bits per heavy atom. The summed E-state index contributed by atoms with van der Waals surface area (Å²) in [5, 5.41) is 7.41. The van der Waals surface area contributed by atoms with Crippen molar-refractivity contribution >= 4 is 5.84 Å². The lowest BCUT2D eigenvalue weighted by Gasteiger charge is -2.27. The Labute approximate surface area is 82.4 Å². The SMILES string of the molecule is CCCC(CC)C(C)C(C)C(=N)N. The van der Waals surface area contributed by atoms with Gasteiger partial charge in [0.25, 0.3) is 0 Å². The van der Waals surface area contributed by atoms with E-state index in [1.807, 2.05) is 0 Å². The van der Waals surface area contributed by atoms with Crippen LogP contribution in [0.25, 0.3) is 0 Å². The average molecular weight is 184 g/mol. The maximum atomic E-state index is 7.41.